The molecule has 0 bridgehead atoms. The average Bonchev–Trinajstić information content (AvgIpc) is 3.18. The van der Waals surface area contributed by atoms with Crippen molar-refractivity contribution in [1.29, 1.82) is 0 Å². The van der Waals surface area contributed by atoms with E-state index in [1.165, 1.54) is 30.0 Å². The minimum atomic E-state index is -0.516. The quantitative estimate of drug-likeness (QED) is 0.181. The van der Waals surface area contributed by atoms with Gasteiger partial charge < -0.3 is 10.1 Å². The molecule has 1 unspecified atom stereocenters. The number of carbonyl (C=O) groups excluding carboxylic acids is 1. The van der Waals surface area contributed by atoms with Crippen molar-refractivity contribution in [3.8, 4) is 5.75 Å². The van der Waals surface area contributed by atoms with E-state index in [0.717, 1.165) is 5.56 Å². The minimum Gasteiger partial charge on any atom is -0.483 e. The fraction of sp³-hybridized carbons (Fsp3) is 0.227. The Hall–Kier alpha value is -3.37. The zero-order valence-electron chi connectivity index (χ0n) is 18.0. The van der Waals surface area contributed by atoms with Crippen LogP contribution in [0.1, 0.15) is 24.4 Å². The molecule has 0 fully saturated rings. The molecule has 1 amide bonds. The molecule has 0 spiro atoms. The second-order valence-electron chi connectivity index (χ2n) is 7.06. The first-order valence-corrected chi connectivity index (χ1v) is 11.3. The second-order valence-corrected chi connectivity index (χ2v) is 8.41. The van der Waals surface area contributed by atoms with E-state index in [1.807, 2.05) is 24.5 Å². The molecule has 0 radical (unpaired) electrons. The lowest BCUT2D eigenvalue weighted by molar-refractivity contribution is -0.384. The van der Waals surface area contributed by atoms with Crippen LogP contribution in [0, 0.1) is 17.0 Å². The number of nitro groups is 1. The van der Waals surface area contributed by atoms with Gasteiger partial charge in [-0.3, -0.25) is 19.5 Å². The molecule has 33 heavy (non-hydrogen) atoms. The number of nitrogens with one attached hydrogen (secondary N) is 1. The number of aryl methyl sites for hydroxylation is 1. The van der Waals surface area contributed by atoms with Gasteiger partial charge in [-0.05, 0) is 43.7 Å². The van der Waals surface area contributed by atoms with E-state index in [2.05, 4.69) is 22.1 Å². The second kappa shape index (κ2) is 11.0. The van der Waals surface area contributed by atoms with Gasteiger partial charge in [0.25, 0.3) is 5.69 Å². The summed E-state index contributed by atoms with van der Waals surface area (Å²) in [5.74, 6) is 0.965. The van der Waals surface area contributed by atoms with Crippen molar-refractivity contribution in [1.82, 2.24) is 14.8 Å². The maximum Gasteiger partial charge on any atom is 0.271 e. The fourth-order valence-electron chi connectivity index (χ4n) is 2.98. The zero-order chi connectivity index (χ0) is 24.0. The molecule has 1 heterocycles. The van der Waals surface area contributed by atoms with E-state index in [1.54, 1.807) is 24.3 Å². The number of halogens is 1. The largest absolute Gasteiger partial charge is 0.483 e. The summed E-state index contributed by atoms with van der Waals surface area (Å²) in [6.07, 6.45) is 1.30. The van der Waals surface area contributed by atoms with E-state index in [-0.39, 0.29) is 17.3 Å². The van der Waals surface area contributed by atoms with Gasteiger partial charge in [0.15, 0.2) is 17.1 Å². The predicted molar refractivity (Wildman–Crippen MR) is 128 cm³/mol. The maximum atomic E-state index is 12.4. The Morgan fingerprint density at radius 1 is 1.36 bits per heavy atom. The Morgan fingerprint density at radius 2 is 2.15 bits per heavy atom. The molecule has 3 rings (SSSR count). The SMILES string of the molecule is C=CCn1c(SCC(=O)Nc2cccc([N+](=O)[O-])c2)nnc1C(C)Oc1ccc(Cl)c(C)c1. The Kier molecular flexibility index (Phi) is 8.07. The monoisotopic (exact) mass is 487 g/mol. The summed E-state index contributed by atoms with van der Waals surface area (Å²) in [7, 11) is 0. The summed E-state index contributed by atoms with van der Waals surface area (Å²) in [6, 6.07) is 11.2. The number of ether oxygens (including phenoxy) is 1. The third kappa shape index (κ3) is 6.33. The van der Waals surface area contributed by atoms with Crippen LogP contribution in [0.15, 0.2) is 60.3 Å². The number of nitrogens with zero attached hydrogens (tertiary/aromatic N) is 4. The number of rotatable bonds is 10. The number of carbonyl (C=O) groups is 1. The standard InChI is InChI=1S/C22H22ClN5O4S/c1-4-10-27-21(15(3)32-18-8-9-19(23)14(2)11-18)25-26-22(27)33-13-20(29)24-16-6-5-7-17(12-16)28(30)31/h4-9,11-12,15H,1,10,13H2,2-3H3,(H,24,29). The molecule has 0 saturated carbocycles. The Labute approximate surface area is 200 Å². The molecule has 172 valence electrons. The van der Waals surface area contributed by atoms with Crippen LogP contribution >= 0.6 is 23.4 Å². The summed E-state index contributed by atoms with van der Waals surface area (Å²) < 4.78 is 7.84. The Balaban J connectivity index is 1.67. The number of anilines is 1. The highest BCUT2D eigenvalue weighted by atomic mass is 35.5. The van der Waals surface area contributed by atoms with Gasteiger partial charge in [0, 0.05) is 29.4 Å². The van der Waals surface area contributed by atoms with Crippen LogP contribution in [0.3, 0.4) is 0 Å². The molecule has 1 N–H and O–H groups in total. The van der Waals surface area contributed by atoms with Crippen molar-refractivity contribution in [2.45, 2.75) is 31.7 Å². The first kappa shape index (κ1) is 24.3. The molecular formula is C22H22ClN5O4S. The van der Waals surface area contributed by atoms with Crippen molar-refractivity contribution >= 4 is 40.6 Å². The number of non-ortho nitro benzene ring substituents is 1. The number of allylic oxidation sites excluding steroid dienone is 1. The van der Waals surface area contributed by atoms with Gasteiger partial charge in [0.2, 0.25) is 5.91 Å². The van der Waals surface area contributed by atoms with Crippen LogP contribution in [0.5, 0.6) is 5.75 Å². The van der Waals surface area contributed by atoms with E-state index < -0.39 is 11.0 Å². The van der Waals surface area contributed by atoms with E-state index in [0.29, 0.717) is 34.0 Å². The first-order chi connectivity index (χ1) is 15.8. The summed E-state index contributed by atoms with van der Waals surface area (Å²) in [5.41, 5.74) is 1.16. The molecule has 3 aromatic rings. The molecule has 0 aliphatic carbocycles. The molecule has 1 aromatic heterocycles. The predicted octanol–water partition coefficient (Wildman–Crippen LogP) is 5.20. The van der Waals surface area contributed by atoms with E-state index in [4.69, 9.17) is 16.3 Å². The number of hydrogen-bond acceptors (Lipinski definition) is 7. The highest BCUT2D eigenvalue weighted by molar-refractivity contribution is 7.99. The van der Waals surface area contributed by atoms with E-state index >= 15 is 0 Å². The van der Waals surface area contributed by atoms with Gasteiger partial charge in [0.1, 0.15) is 5.75 Å². The highest BCUT2D eigenvalue weighted by Gasteiger charge is 2.20. The van der Waals surface area contributed by atoms with Gasteiger partial charge in [-0.25, -0.2) is 0 Å². The Morgan fingerprint density at radius 3 is 2.85 bits per heavy atom. The van der Waals surface area contributed by atoms with Gasteiger partial charge in [-0.15, -0.1) is 16.8 Å². The van der Waals surface area contributed by atoms with Crippen molar-refractivity contribution in [3.05, 3.63) is 81.6 Å². The highest BCUT2D eigenvalue weighted by Crippen LogP contribution is 2.27. The third-order valence-corrected chi connectivity index (χ3v) is 5.93. The summed E-state index contributed by atoms with van der Waals surface area (Å²) >= 11 is 7.27. The third-order valence-electron chi connectivity index (χ3n) is 4.54. The summed E-state index contributed by atoms with van der Waals surface area (Å²) in [5, 5.41) is 23.2. The molecule has 1 atom stereocenters. The van der Waals surface area contributed by atoms with Crippen LogP contribution in [-0.4, -0.2) is 31.3 Å². The fourth-order valence-corrected chi connectivity index (χ4v) is 3.85. The molecule has 0 aliphatic rings. The average molecular weight is 488 g/mol. The molecular weight excluding hydrogens is 466 g/mol. The van der Waals surface area contributed by atoms with Gasteiger partial charge >= 0.3 is 0 Å². The number of amides is 1. The van der Waals surface area contributed by atoms with Crippen molar-refractivity contribution < 1.29 is 14.5 Å². The number of aromatic nitrogens is 3. The summed E-state index contributed by atoms with van der Waals surface area (Å²) in [4.78, 5) is 22.7. The van der Waals surface area contributed by atoms with Crippen LogP contribution in [0.25, 0.3) is 0 Å². The number of nitro benzene ring substituents is 1. The van der Waals surface area contributed by atoms with Gasteiger partial charge in [-0.1, -0.05) is 35.5 Å². The molecule has 2 aromatic carbocycles. The number of hydrogen-bond donors (Lipinski definition) is 1. The van der Waals surface area contributed by atoms with Crippen LogP contribution < -0.4 is 10.1 Å². The molecule has 0 saturated heterocycles. The Bertz CT molecular complexity index is 1180. The normalized spacial score (nSPS) is 11.6. The minimum absolute atomic E-state index is 0.0452. The first-order valence-electron chi connectivity index (χ1n) is 9.92. The zero-order valence-corrected chi connectivity index (χ0v) is 19.6. The smallest absolute Gasteiger partial charge is 0.271 e. The molecule has 0 aliphatic heterocycles. The van der Waals surface area contributed by atoms with Crippen molar-refractivity contribution in [3.63, 3.8) is 0 Å². The lowest BCUT2D eigenvalue weighted by atomic mass is 10.2. The summed E-state index contributed by atoms with van der Waals surface area (Å²) in [6.45, 7) is 7.97. The van der Waals surface area contributed by atoms with E-state index in [9.17, 15) is 14.9 Å². The van der Waals surface area contributed by atoms with Crippen molar-refractivity contribution in [2.24, 2.45) is 0 Å². The lowest BCUT2D eigenvalue weighted by Gasteiger charge is -2.16. The number of benzene rings is 2. The van der Waals surface area contributed by atoms with Crippen LogP contribution in [-0.2, 0) is 11.3 Å². The molecule has 9 nitrogen and oxygen atoms in total. The lowest BCUT2D eigenvalue weighted by Crippen LogP contribution is -2.15. The van der Waals surface area contributed by atoms with Crippen molar-refractivity contribution in [2.75, 3.05) is 11.1 Å². The topological polar surface area (TPSA) is 112 Å². The maximum absolute atomic E-state index is 12.4. The number of thioether (sulfide) groups is 1. The van der Waals surface area contributed by atoms with Gasteiger partial charge in [-0.2, -0.15) is 0 Å². The van der Waals surface area contributed by atoms with Crippen LogP contribution in [0.2, 0.25) is 5.02 Å². The van der Waals surface area contributed by atoms with Gasteiger partial charge in [0.05, 0.1) is 10.7 Å². The molecule has 11 heteroatoms. The van der Waals surface area contributed by atoms with Crippen LogP contribution in [0.4, 0.5) is 11.4 Å².